The third-order valence-electron chi connectivity index (χ3n) is 2.64. The quantitative estimate of drug-likeness (QED) is 0.783. The SMILES string of the molecule is COc1cc(Br)ccc1C(=O)c1c(F)cc(F)cc1F. The molecule has 6 heteroatoms. The Bertz CT molecular complexity index is 663. The normalized spacial score (nSPS) is 10.4. The van der Waals surface area contributed by atoms with Gasteiger partial charge in [0.2, 0.25) is 5.78 Å². The molecule has 0 amide bonds. The second kappa shape index (κ2) is 5.66. The van der Waals surface area contributed by atoms with Gasteiger partial charge in [0, 0.05) is 16.6 Å². The molecule has 104 valence electrons. The highest BCUT2D eigenvalue weighted by atomic mass is 79.9. The van der Waals surface area contributed by atoms with Crippen molar-refractivity contribution in [2.75, 3.05) is 7.11 Å². The maximum Gasteiger partial charge on any atom is 0.202 e. The van der Waals surface area contributed by atoms with E-state index >= 15 is 0 Å². The summed E-state index contributed by atoms with van der Waals surface area (Å²) in [5.41, 5.74) is -0.827. The number of carbonyl (C=O) groups excluding carboxylic acids is 1. The topological polar surface area (TPSA) is 26.3 Å². The molecule has 0 aliphatic rings. The van der Waals surface area contributed by atoms with Crippen LogP contribution in [0.1, 0.15) is 15.9 Å². The molecule has 0 N–H and O–H groups in total. The van der Waals surface area contributed by atoms with Crippen LogP contribution in [0.3, 0.4) is 0 Å². The van der Waals surface area contributed by atoms with Crippen molar-refractivity contribution in [3.63, 3.8) is 0 Å². The Hall–Kier alpha value is -1.82. The van der Waals surface area contributed by atoms with Gasteiger partial charge in [-0.15, -0.1) is 0 Å². The van der Waals surface area contributed by atoms with E-state index in [1.807, 2.05) is 0 Å². The molecule has 0 bridgehead atoms. The lowest BCUT2D eigenvalue weighted by atomic mass is 10.0. The molecular formula is C14H8BrF3O2. The molecule has 2 aromatic carbocycles. The minimum absolute atomic E-state index is 0.0138. The first-order chi connectivity index (χ1) is 9.43. The number of carbonyl (C=O) groups is 1. The Morgan fingerprint density at radius 2 is 1.70 bits per heavy atom. The van der Waals surface area contributed by atoms with Crippen LogP contribution in [-0.4, -0.2) is 12.9 Å². The summed E-state index contributed by atoms with van der Waals surface area (Å²) >= 11 is 3.19. The number of hydrogen-bond donors (Lipinski definition) is 0. The van der Waals surface area contributed by atoms with Crippen LogP contribution in [0.4, 0.5) is 13.2 Å². The lowest BCUT2D eigenvalue weighted by Crippen LogP contribution is -2.09. The smallest absolute Gasteiger partial charge is 0.202 e. The van der Waals surface area contributed by atoms with Gasteiger partial charge in [0.25, 0.3) is 0 Å². The monoisotopic (exact) mass is 344 g/mol. The van der Waals surface area contributed by atoms with Gasteiger partial charge in [-0.05, 0) is 18.2 Å². The van der Waals surface area contributed by atoms with Crippen molar-refractivity contribution in [2.24, 2.45) is 0 Å². The van der Waals surface area contributed by atoms with Crippen LogP contribution in [0.25, 0.3) is 0 Å². The maximum atomic E-state index is 13.6. The molecule has 0 aliphatic heterocycles. The Morgan fingerprint density at radius 1 is 1.10 bits per heavy atom. The van der Waals surface area contributed by atoms with Crippen molar-refractivity contribution in [2.45, 2.75) is 0 Å². The zero-order chi connectivity index (χ0) is 14.9. The fraction of sp³-hybridized carbons (Fsp3) is 0.0714. The zero-order valence-electron chi connectivity index (χ0n) is 10.2. The van der Waals surface area contributed by atoms with Gasteiger partial charge in [-0.1, -0.05) is 15.9 Å². The van der Waals surface area contributed by atoms with E-state index in [2.05, 4.69) is 15.9 Å². The molecule has 2 rings (SSSR count). The highest BCUT2D eigenvalue weighted by molar-refractivity contribution is 9.10. The van der Waals surface area contributed by atoms with Crippen molar-refractivity contribution in [1.82, 2.24) is 0 Å². The van der Waals surface area contributed by atoms with Crippen LogP contribution in [0.2, 0.25) is 0 Å². The van der Waals surface area contributed by atoms with Gasteiger partial charge in [0.05, 0.1) is 18.2 Å². The van der Waals surface area contributed by atoms with Crippen LogP contribution >= 0.6 is 15.9 Å². The molecule has 0 spiro atoms. The molecule has 2 nitrogen and oxygen atoms in total. The summed E-state index contributed by atoms with van der Waals surface area (Å²) in [6.07, 6.45) is 0. The predicted octanol–water partition coefficient (Wildman–Crippen LogP) is 4.11. The highest BCUT2D eigenvalue weighted by Gasteiger charge is 2.23. The van der Waals surface area contributed by atoms with Crippen molar-refractivity contribution in [3.8, 4) is 5.75 Å². The van der Waals surface area contributed by atoms with Gasteiger partial charge in [-0.3, -0.25) is 4.79 Å². The molecule has 0 saturated carbocycles. The first-order valence-corrected chi connectivity index (χ1v) is 6.26. The molecule has 0 heterocycles. The minimum atomic E-state index is -1.25. The number of benzene rings is 2. The standard InChI is InChI=1S/C14H8BrF3O2/c1-20-12-4-7(15)2-3-9(12)14(19)13-10(17)5-8(16)6-11(13)18/h2-6H,1H3. The molecule has 0 aromatic heterocycles. The molecule has 0 saturated heterocycles. The van der Waals surface area contributed by atoms with Crippen molar-refractivity contribution in [1.29, 1.82) is 0 Å². The maximum absolute atomic E-state index is 13.6. The van der Waals surface area contributed by atoms with Crippen molar-refractivity contribution < 1.29 is 22.7 Å². The van der Waals surface area contributed by atoms with Gasteiger partial charge in [-0.25, -0.2) is 13.2 Å². The van der Waals surface area contributed by atoms with Crippen molar-refractivity contribution >= 4 is 21.7 Å². The van der Waals surface area contributed by atoms with E-state index in [1.54, 1.807) is 0 Å². The number of halogens is 4. The van der Waals surface area contributed by atoms with Crippen LogP contribution in [0.15, 0.2) is 34.8 Å². The summed E-state index contributed by atoms with van der Waals surface area (Å²) in [6.45, 7) is 0. The van der Waals surface area contributed by atoms with Gasteiger partial charge >= 0.3 is 0 Å². The van der Waals surface area contributed by atoms with Crippen molar-refractivity contribution in [3.05, 3.63) is 63.4 Å². The van der Waals surface area contributed by atoms with E-state index in [0.29, 0.717) is 16.6 Å². The molecule has 2 aromatic rings. The number of ether oxygens (including phenoxy) is 1. The first kappa shape index (κ1) is 14.6. The fourth-order valence-corrected chi connectivity index (χ4v) is 2.09. The number of methoxy groups -OCH3 is 1. The fourth-order valence-electron chi connectivity index (χ4n) is 1.75. The molecule has 0 unspecified atom stereocenters. The van der Waals surface area contributed by atoms with E-state index in [-0.39, 0.29) is 11.3 Å². The summed E-state index contributed by atoms with van der Waals surface area (Å²) in [5.74, 6) is -4.34. The number of rotatable bonds is 3. The van der Waals surface area contributed by atoms with Gasteiger partial charge in [-0.2, -0.15) is 0 Å². The van der Waals surface area contributed by atoms with E-state index in [0.717, 1.165) is 0 Å². The Balaban J connectivity index is 2.58. The summed E-state index contributed by atoms with van der Waals surface area (Å²) in [6, 6.07) is 5.32. The molecular weight excluding hydrogens is 337 g/mol. The minimum Gasteiger partial charge on any atom is -0.496 e. The van der Waals surface area contributed by atoms with E-state index in [4.69, 9.17) is 4.74 Å². The summed E-state index contributed by atoms with van der Waals surface area (Å²) < 4.78 is 45.7. The second-order valence-corrected chi connectivity index (χ2v) is 4.83. The van der Waals surface area contributed by atoms with Crippen LogP contribution in [0, 0.1) is 17.5 Å². The van der Waals surface area contributed by atoms with E-state index in [1.165, 1.54) is 25.3 Å². The van der Waals surface area contributed by atoms with E-state index in [9.17, 15) is 18.0 Å². The molecule has 0 atom stereocenters. The molecule has 0 fully saturated rings. The lowest BCUT2D eigenvalue weighted by Gasteiger charge is -2.09. The third kappa shape index (κ3) is 2.70. The Kier molecular flexibility index (Phi) is 4.13. The summed E-state index contributed by atoms with van der Waals surface area (Å²) in [7, 11) is 1.33. The molecule has 20 heavy (non-hydrogen) atoms. The lowest BCUT2D eigenvalue weighted by molar-refractivity contribution is 0.102. The Morgan fingerprint density at radius 3 is 2.25 bits per heavy atom. The highest BCUT2D eigenvalue weighted by Crippen LogP contribution is 2.27. The largest absolute Gasteiger partial charge is 0.496 e. The zero-order valence-corrected chi connectivity index (χ0v) is 11.8. The second-order valence-electron chi connectivity index (χ2n) is 3.92. The summed E-state index contributed by atoms with van der Waals surface area (Å²) in [5, 5.41) is 0. The first-order valence-electron chi connectivity index (χ1n) is 5.47. The van der Waals surface area contributed by atoms with Crippen LogP contribution in [0.5, 0.6) is 5.75 Å². The predicted molar refractivity (Wildman–Crippen MR) is 70.4 cm³/mol. The molecule has 0 radical (unpaired) electrons. The van der Waals surface area contributed by atoms with Crippen LogP contribution in [-0.2, 0) is 0 Å². The Labute approximate surface area is 121 Å². The summed E-state index contributed by atoms with van der Waals surface area (Å²) in [4.78, 5) is 12.2. The van der Waals surface area contributed by atoms with Crippen LogP contribution < -0.4 is 4.74 Å². The third-order valence-corrected chi connectivity index (χ3v) is 3.14. The van der Waals surface area contributed by atoms with Gasteiger partial charge in [0.15, 0.2) is 0 Å². The van der Waals surface area contributed by atoms with E-state index < -0.39 is 28.8 Å². The number of ketones is 1. The molecule has 0 aliphatic carbocycles. The van der Waals surface area contributed by atoms with Gasteiger partial charge < -0.3 is 4.74 Å². The average molecular weight is 345 g/mol. The van der Waals surface area contributed by atoms with Gasteiger partial charge in [0.1, 0.15) is 23.2 Å². The average Bonchev–Trinajstić information content (AvgIpc) is 2.37. The number of hydrogen-bond acceptors (Lipinski definition) is 2.